The van der Waals surface area contributed by atoms with Crippen LogP contribution in [-0.2, 0) is 18.9 Å². The molecule has 0 saturated heterocycles. The summed E-state index contributed by atoms with van der Waals surface area (Å²) in [4.78, 5) is 17.8. The molecular formula is C18H33N5O4. The van der Waals surface area contributed by atoms with Crippen molar-refractivity contribution in [2.24, 2.45) is 5.92 Å². The van der Waals surface area contributed by atoms with Crippen LogP contribution in [0, 0.1) is 5.92 Å². The molecular weight excluding hydrogens is 350 g/mol. The summed E-state index contributed by atoms with van der Waals surface area (Å²) in [5, 5.41) is 0. The van der Waals surface area contributed by atoms with Crippen LogP contribution in [0.25, 0.3) is 0 Å². The van der Waals surface area contributed by atoms with Gasteiger partial charge in [-0.25, -0.2) is 0 Å². The van der Waals surface area contributed by atoms with E-state index >= 15 is 0 Å². The minimum atomic E-state index is 0.326. The Morgan fingerprint density at radius 2 is 1.11 bits per heavy atom. The van der Waals surface area contributed by atoms with Crippen LogP contribution in [0.15, 0.2) is 0 Å². The number of ether oxygens (including phenoxy) is 4. The molecule has 0 N–H and O–H groups in total. The number of aromatic nitrogens is 3. The van der Waals surface area contributed by atoms with E-state index < -0.39 is 0 Å². The average molecular weight is 383 g/mol. The van der Waals surface area contributed by atoms with Crippen molar-refractivity contribution in [2.45, 2.75) is 38.5 Å². The first-order valence-corrected chi connectivity index (χ1v) is 9.34. The normalized spacial score (nSPS) is 19.9. The molecule has 154 valence electrons. The van der Waals surface area contributed by atoms with Crippen LogP contribution in [-0.4, -0.2) is 70.3 Å². The van der Waals surface area contributed by atoms with Crippen molar-refractivity contribution in [3.05, 3.63) is 5.82 Å². The summed E-state index contributed by atoms with van der Waals surface area (Å²) >= 11 is 0. The highest BCUT2D eigenvalue weighted by atomic mass is 16.5. The van der Waals surface area contributed by atoms with Crippen molar-refractivity contribution in [1.29, 1.82) is 0 Å². The zero-order valence-electron chi connectivity index (χ0n) is 17.2. The van der Waals surface area contributed by atoms with Gasteiger partial charge >= 0.3 is 0 Å². The lowest BCUT2D eigenvalue weighted by Crippen LogP contribution is -2.34. The summed E-state index contributed by atoms with van der Waals surface area (Å²) in [5.41, 5.74) is 0. The van der Waals surface area contributed by atoms with Crippen LogP contribution in [0.2, 0.25) is 0 Å². The smallest absolute Gasteiger partial charge is 0.234 e. The van der Waals surface area contributed by atoms with Crippen LogP contribution >= 0.6 is 0 Å². The lowest BCUT2D eigenvalue weighted by Gasteiger charge is -2.28. The third-order valence-corrected chi connectivity index (χ3v) is 4.72. The quantitative estimate of drug-likeness (QED) is 0.534. The van der Waals surface area contributed by atoms with E-state index in [0.29, 0.717) is 44.7 Å². The van der Waals surface area contributed by atoms with Crippen LogP contribution < -0.4 is 9.80 Å². The van der Waals surface area contributed by atoms with Gasteiger partial charge in [0, 0.05) is 34.4 Å². The van der Waals surface area contributed by atoms with Crippen LogP contribution in [0.3, 0.4) is 0 Å². The fourth-order valence-corrected chi connectivity index (χ4v) is 3.28. The molecule has 1 aromatic rings. The molecule has 0 aliphatic heterocycles. The maximum atomic E-state index is 5.29. The molecule has 0 aromatic carbocycles. The fraction of sp³-hybridized carbons (Fsp3) is 0.833. The predicted octanol–water partition coefficient (Wildman–Crippen LogP) is 2.19. The lowest BCUT2D eigenvalue weighted by atomic mass is 9.82. The van der Waals surface area contributed by atoms with E-state index in [-0.39, 0.29) is 0 Å². The number of methoxy groups -OCH3 is 4. The summed E-state index contributed by atoms with van der Waals surface area (Å²) < 4.78 is 21.2. The first-order valence-electron chi connectivity index (χ1n) is 9.34. The Hall–Kier alpha value is -1.55. The van der Waals surface area contributed by atoms with Gasteiger partial charge in [-0.15, -0.1) is 0 Å². The molecule has 1 aliphatic carbocycles. The number of nitrogens with zero attached hydrogens (tertiary/aromatic N) is 5. The molecule has 2 rings (SSSR count). The second-order valence-corrected chi connectivity index (χ2v) is 7.00. The van der Waals surface area contributed by atoms with Gasteiger partial charge < -0.3 is 18.9 Å². The largest absolute Gasteiger partial charge is 0.364 e. The first kappa shape index (κ1) is 21.7. The van der Waals surface area contributed by atoms with Crippen LogP contribution in [0.4, 0.5) is 11.9 Å². The van der Waals surface area contributed by atoms with Gasteiger partial charge in [-0.1, -0.05) is 19.8 Å². The Kier molecular flexibility index (Phi) is 9.12. The van der Waals surface area contributed by atoms with Gasteiger partial charge in [0.2, 0.25) is 11.9 Å². The molecule has 1 fully saturated rings. The van der Waals surface area contributed by atoms with E-state index in [9.17, 15) is 0 Å². The number of hydrogen-bond donors (Lipinski definition) is 0. The van der Waals surface area contributed by atoms with Gasteiger partial charge in [0.25, 0.3) is 0 Å². The van der Waals surface area contributed by atoms with Gasteiger partial charge in [0.1, 0.15) is 32.7 Å². The van der Waals surface area contributed by atoms with Crippen molar-refractivity contribution in [3.8, 4) is 0 Å². The van der Waals surface area contributed by atoms with Crippen molar-refractivity contribution in [2.75, 3.05) is 65.2 Å². The summed E-state index contributed by atoms with van der Waals surface area (Å²) in [6.45, 7) is 3.61. The molecule has 0 atom stereocenters. The molecule has 1 aromatic heterocycles. The van der Waals surface area contributed by atoms with Gasteiger partial charge in [-0.05, 0) is 18.8 Å². The molecule has 1 saturated carbocycles. The topological polar surface area (TPSA) is 82.1 Å². The number of hydrogen-bond acceptors (Lipinski definition) is 9. The van der Waals surface area contributed by atoms with Gasteiger partial charge in [-0.3, -0.25) is 9.80 Å². The molecule has 0 radical (unpaired) electrons. The molecule has 27 heavy (non-hydrogen) atoms. The molecule has 0 bridgehead atoms. The summed E-state index contributed by atoms with van der Waals surface area (Å²) in [5.74, 6) is 2.99. The highest BCUT2D eigenvalue weighted by Gasteiger charge is 2.25. The lowest BCUT2D eigenvalue weighted by molar-refractivity contribution is 0.136. The molecule has 0 unspecified atom stereocenters. The molecule has 0 spiro atoms. The molecule has 0 amide bonds. The molecule has 9 heteroatoms. The maximum Gasteiger partial charge on any atom is 0.234 e. The predicted molar refractivity (Wildman–Crippen MR) is 103 cm³/mol. The van der Waals surface area contributed by atoms with Gasteiger partial charge in [0.15, 0.2) is 0 Å². The second kappa shape index (κ2) is 11.3. The molecule has 9 nitrogen and oxygen atoms in total. The van der Waals surface area contributed by atoms with Crippen molar-refractivity contribution in [1.82, 2.24) is 15.0 Å². The van der Waals surface area contributed by atoms with Crippen molar-refractivity contribution < 1.29 is 18.9 Å². The average Bonchev–Trinajstić information content (AvgIpc) is 2.68. The highest BCUT2D eigenvalue weighted by Crippen LogP contribution is 2.34. The summed E-state index contributed by atoms with van der Waals surface area (Å²) in [6.07, 6.45) is 4.57. The van der Waals surface area contributed by atoms with Crippen molar-refractivity contribution >= 4 is 11.9 Å². The summed E-state index contributed by atoms with van der Waals surface area (Å²) in [7, 11) is 6.54. The zero-order chi connectivity index (χ0) is 19.6. The Labute approximate surface area is 162 Å². The zero-order valence-corrected chi connectivity index (χ0v) is 17.2. The SMILES string of the molecule is COCN(COC)c1nc(C2CCC(C)CC2)nc(N(COC)COC)n1. The van der Waals surface area contributed by atoms with E-state index in [4.69, 9.17) is 28.9 Å². The Bertz CT molecular complexity index is 508. The minimum absolute atomic E-state index is 0.326. The monoisotopic (exact) mass is 383 g/mol. The number of anilines is 2. The van der Waals surface area contributed by atoms with Crippen LogP contribution in [0.5, 0.6) is 0 Å². The Balaban J connectivity index is 2.38. The fourth-order valence-electron chi connectivity index (χ4n) is 3.28. The van der Waals surface area contributed by atoms with E-state index in [1.54, 1.807) is 28.4 Å². The molecule has 1 heterocycles. The minimum Gasteiger partial charge on any atom is -0.364 e. The van der Waals surface area contributed by atoms with E-state index in [1.807, 2.05) is 9.80 Å². The molecule has 1 aliphatic rings. The first-order chi connectivity index (χ1) is 13.1. The van der Waals surface area contributed by atoms with E-state index in [1.165, 1.54) is 12.8 Å². The third-order valence-electron chi connectivity index (χ3n) is 4.72. The van der Waals surface area contributed by atoms with E-state index in [2.05, 4.69) is 11.9 Å². The Morgan fingerprint density at radius 3 is 1.48 bits per heavy atom. The standard InChI is InChI=1S/C18H33N5O4/c1-14-6-8-15(9-7-14)16-19-17(22(10-24-2)11-25-3)21-18(20-16)23(12-26-4)13-27-5/h14-15H,6-13H2,1-5H3. The van der Waals surface area contributed by atoms with Gasteiger partial charge in [-0.2, -0.15) is 15.0 Å². The highest BCUT2D eigenvalue weighted by molar-refractivity contribution is 5.38. The van der Waals surface area contributed by atoms with E-state index in [0.717, 1.165) is 24.6 Å². The second-order valence-electron chi connectivity index (χ2n) is 7.00. The van der Waals surface area contributed by atoms with Crippen molar-refractivity contribution in [3.63, 3.8) is 0 Å². The Morgan fingerprint density at radius 1 is 0.704 bits per heavy atom. The third kappa shape index (κ3) is 6.24. The van der Waals surface area contributed by atoms with Crippen LogP contribution in [0.1, 0.15) is 44.3 Å². The number of rotatable bonds is 11. The maximum absolute atomic E-state index is 5.29. The summed E-state index contributed by atoms with van der Waals surface area (Å²) in [6, 6.07) is 0. The van der Waals surface area contributed by atoms with Gasteiger partial charge in [0.05, 0.1) is 0 Å².